The molecule has 2 aromatic carbocycles. The van der Waals surface area contributed by atoms with E-state index < -0.39 is 15.9 Å². The van der Waals surface area contributed by atoms with Gasteiger partial charge < -0.3 is 38.3 Å². The van der Waals surface area contributed by atoms with Crippen molar-refractivity contribution in [2.45, 2.75) is 96.8 Å². The van der Waals surface area contributed by atoms with Crippen LogP contribution < -0.4 is 14.2 Å². The van der Waals surface area contributed by atoms with E-state index >= 15 is 0 Å². The number of pyridine rings is 2. The molecule has 1 N–H and O–H groups in total. The second kappa shape index (κ2) is 21.4. The number of fused-ring (bicyclic) bond motifs is 2. The molecule has 0 bridgehead atoms. The molecule has 2 aliphatic rings. The summed E-state index contributed by atoms with van der Waals surface area (Å²) < 4.78 is 43.5. The largest absolute Gasteiger partial charge is 0.497 e. The Morgan fingerprint density at radius 1 is 0.712 bits per heavy atom. The molecule has 2 fully saturated rings. The van der Waals surface area contributed by atoms with Crippen molar-refractivity contribution in [2.75, 3.05) is 33.6 Å². The molecule has 6 aromatic rings. The van der Waals surface area contributed by atoms with Crippen LogP contribution in [0, 0.1) is 11.8 Å². The minimum atomic E-state index is -3.41. The summed E-state index contributed by atoms with van der Waals surface area (Å²) in [5.74, 6) is 2.43. The highest BCUT2D eigenvalue weighted by Gasteiger charge is 2.38. The molecule has 2 saturated heterocycles. The van der Waals surface area contributed by atoms with Crippen LogP contribution in [0.3, 0.4) is 0 Å². The van der Waals surface area contributed by atoms with Crippen LogP contribution in [0.1, 0.15) is 77.6 Å². The van der Waals surface area contributed by atoms with Gasteiger partial charge in [-0.3, -0.25) is 9.59 Å². The number of nitrogens with zero attached hydrogens (tertiary/aromatic N) is 8. The van der Waals surface area contributed by atoms with Crippen LogP contribution in [0.5, 0.6) is 17.4 Å². The number of halogens is 2. The summed E-state index contributed by atoms with van der Waals surface area (Å²) in [4.78, 5) is 45.4. The van der Waals surface area contributed by atoms with E-state index in [0.29, 0.717) is 54.5 Å². The predicted molar refractivity (Wildman–Crippen MR) is 254 cm³/mol. The van der Waals surface area contributed by atoms with Crippen LogP contribution in [-0.4, -0.2) is 110 Å². The number of carbonyl (C=O) groups excluding carboxylic acids is 2. The lowest BCUT2D eigenvalue weighted by Crippen LogP contribution is -2.31. The first-order valence-corrected chi connectivity index (χ1v) is 24.5. The van der Waals surface area contributed by atoms with E-state index in [0.717, 1.165) is 46.5 Å². The number of carbonyl (C=O) groups is 2. The van der Waals surface area contributed by atoms with Crippen molar-refractivity contribution in [1.29, 1.82) is 0 Å². The van der Waals surface area contributed by atoms with Crippen LogP contribution in [-0.2, 0) is 32.5 Å². The summed E-state index contributed by atoms with van der Waals surface area (Å²) in [5, 5.41) is 10.1. The number of aromatic nitrogens is 6. The van der Waals surface area contributed by atoms with E-state index in [4.69, 9.17) is 37.4 Å². The third-order valence-corrected chi connectivity index (χ3v) is 13.6. The normalized spacial score (nSPS) is 18.1. The Bertz CT molecular complexity index is 2750. The Labute approximate surface area is 395 Å². The van der Waals surface area contributed by atoms with E-state index in [1.807, 2.05) is 90.6 Å². The number of aryl methyl sites for hydroxylation is 2. The number of benzene rings is 2. The number of aliphatic hydroxyl groups is 1. The van der Waals surface area contributed by atoms with E-state index in [2.05, 4.69) is 26.9 Å². The number of aliphatic hydroxyl groups excluding tert-OH is 1. The van der Waals surface area contributed by atoms with E-state index in [1.165, 1.54) is 0 Å². The van der Waals surface area contributed by atoms with Crippen LogP contribution in [0.4, 0.5) is 0 Å². The van der Waals surface area contributed by atoms with Gasteiger partial charge in [-0.15, -0.1) is 0 Å². The summed E-state index contributed by atoms with van der Waals surface area (Å²) in [7, 11) is -0.133. The van der Waals surface area contributed by atoms with Crippen molar-refractivity contribution in [3.8, 4) is 17.4 Å². The van der Waals surface area contributed by atoms with Gasteiger partial charge in [0.2, 0.25) is 17.7 Å². The molecule has 2 aliphatic heterocycles. The molecule has 66 heavy (non-hydrogen) atoms. The molecule has 354 valence electrons. The molecule has 0 radical (unpaired) electrons. The second-order valence-electron chi connectivity index (χ2n) is 16.6. The molecule has 0 spiro atoms. The first-order chi connectivity index (χ1) is 31.4. The van der Waals surface area contributed by atoms with Gasteiger partial charge in [-0.2, -0.15) is 4.98 Å². The average molecular weight is 966 g/mol. The number of likely N-dealkylation sites (tertiary alicyclic amines) is 2. The highest BCUT2D eigenvalue weighted by molar-refractivity contribution is 7.90. The number of hydrogen-bond donors (Lipinski definition) is 1. The average Bonchev–Trinajstić information content (AvgIpc) is 4.10. The zero-order valence-electron chi connectivity index (χ0n) is 38.7. The molecule has 0 aliphatic carbocycles. The van der Waals surface area contributed by atoms with Crippen molar-refractivity contribution in [1.82, 2.24) is 38.9 Å². The maximum atomic E-state index is 12.8. The standard InChI is InChI=1S/C23H27ClN4O3.C15H21NO3.C9H10ClN3O2S/c1-5-27-13-25-19-11-20(24)26-23(22(19)27)31-15(3)17-10-21(29)28(12-17)14(2)16-6-8-18(30-4)9-7-16;1-10(12-4-6-14(19-3)7-5-12)16-9-13(11(2)17)8-15(16)18;1-3-13-5-11-6-4-7(10)12-9(8(6)13)16(2,14)15/h6-9,11,13-15,17H,5,10,12H2,1-4H3;4-7,10-11,13,17H,8-9H2,1-3H3;4-5H,3H2,1-2H3/t14-,15-,17-;10-,11-,13-;/m11./s1. The molecular formula is C47H58Cl2N8O8S. The van der Waals surface area contributed by atoms with Gasteiger partial charge in [-0.1, -0.05) is 47.5 Å². The highest BCUT2D eigenvalue weighted by Crippen LogP contribution is 2.35. The smallest absolute Gasteiger partial charge is 0.241 e. The summed E-state index contributed by atoms with van der Waals surface area (Å²) >= 11 is 11.9. The van der Waals surface area contributed by atoms with Gasteiger partial charge in [-0.05, 0) is 76.9 Å². The molecule has 0 saturated carbocycles. The molecular weight excluding hydrogens is 908 g/mol. The van der Waals surface area contributed by atoms with Gasteiger partial charge in [-0.25, -0.2) is 23.4 Å². The van der Waals surface area contributed by atoms with Crippen LogP contribution in [0.15, 0.2) is 78.3 Å². The molecule has 4 aromatic heterocycles. The van der Waals surface area contributed by atoms with Gasteiger partial charge >= 0.3 is 0 Å². The number of rotatable bonds is 13. The zero-order valence-corrected chi connectivity index (χ0v) is 41.0. The Morgan fingerprint density at radius 3 is 1.59 bits per heavy atom. The van der Waals surface area contributed by atoms with Crippen molar-refractivity contribution >= 4 is 66.9 Å². The van der Waals surface area contributed by atoms with Crippen LogP contribution >= 0.6 is 23.2 Å². The zero-order chi connectivity index (χ0) is 48.0. The van der Waals surface area contributed by atoms with Crippen molar-refractivity contribution < 1.29 is 37.3 Å². The van der Waals surface area contributed by atoms with Crippen molar-refractivity contribution in [3.63, 3.8) is 0 Å². The second-order valence-corrected chi connectivity index (χ2v) is 19.3. The Kier molecular flexibility index (Phi) is 16.2. The molecule has 0 unspecified atom stereocenters. The molecule has 2 amide bonds. The molecule has 6 atom stereocenters. The van der Waals surface area contributed by atoms with Gasteiger partial charge in [0.05, 0.1) is 56.1 Å². The Balaban J connectivity index is 0.000000176. The monoisotopic (exact) mass is 964 g/mol. The van der Waals surface area contributed by atoms with E-state index in [9.17, 15) is 23.1 Å². The molecule has 8 rings (SSSR count). The fourth-order valence-electron chi connectivity index (χ4n) is 8.19. The van der Waals surface area contributed by atoms with Crippen molar-refractivity contribution in [2.24, 2.45) is 11.8 Å². The number of amides is 2. The van der Waals surface area contributed by atoms with E-state index in [-0.39, 0.29) is 52.0 Å². The molecule has 6 heterocycles. The Hall–Kier alpha value is -5.49. The third kappa shape index (κ3) is 11.4. The first-order valence-electron chi connectivity index (χ1n) is 21.8. The number of sulfone groups is 1. The molecule has 19 heteroatoms. The lowest BCUT2D eigenvalue weighted by Gasteiger charge is -2.26. The maximum absolute atomic E-state index is 12.8. The molecule has 16 nitrogen and oxygen atoms in total. The predicted octanol–water partition coefficient (Wildman–Crippen LogP) is 7.98. The van der Waals surface area contributed by atoms with Crippen LogP contribution in [0.2, 0.25) is 10.3 Å². The quantitative estimate of drug-likeness (QED) is 0.110. The minimum Gasteiger partial charge on any atom is -0.497 e. The highest BCUT2D eigenvalue weighted by atomic mass is 35.5. The number of ether oxygens (including phenoxy) is 3. The number of hydrogen-bond acceptors (Lipinski definition) is 12. The minimum absolute atomic E-state index is 0.0191. The summed E-state index contributed by atoms with van der Waals surface area (Å²) in [5.41, 5.74) is 4.79. The maximum Gasteiger partial charge on any atom is 0.241 e. The number of methoxy groups -OCH3 is 2. The summed E-state index contributed by atoms with van der Waals surface area (Å²) in [6, 6.07) is 18.9. The lowest BCUT2D eigenvalue weighted by atomic mass is 10.0. The third-order valence-electron chi connectivity index (χ3n) is 12.2. The Morgan fingerprint density at radius 2 is 1.15 bits per heavy atom. The van der Waals surface area contributed by atoms with Gasteiger partial charge in [0, 0.05) is 69.2 Å². The fraction of sp³-hybridized carbons (Fsp3) is 0.447. The van der Waals surface area contributed by atoms with Crippen molar-refractivity contribution in [3.05, 3.63) is 94.8 Å². The van der Waals surface area contributed by atoms with Gasteiger partial charge in [0.25, 0.3) is 0 Å². The van der Waals surface area contributed by atoms with E-state index in [1.54, 1.807) is 50.5 Å². The SMILES string of the molecule is CCn1cnc2cc(Cl)nc(O[C@H](C)[C@@H]3CC(=O)N([C@H](C)c4ccc(OC)cc4)C3)c21.CCn1cnc2cc(Cl)nc(S(C)(=O)=O)c21.COc1ccc([C@@H](C)N2C[C@H]([C@@H](C)O)CC2=O)cc1. The number of imidazole rings is 2. The first kappa shape index (κ1) is 49.9. The summed E-state index contributed by atoms with van der Waals surface area (Å²) in [6.45, 7) is 14.4. The van der Waals surface area contributed by atoms with Gasteiger partial charge in [0.1, 0.15) is 38.9 Å². The van der Waals surface area contributed by atoms with Crippen LogP contribution in [0.25, 0.3) is 22.1 Å². The fourth-order valence-corrected chi connectivity index (χ4v) is 9.44. The topological polar surface area (TPSA) is 184 Å². The lowest BCUT2D eigenvalue weighted by molar-refractivity contribution is -0.130. The van der Waals surface area contributed by atoms with Gasteiger partial charge in [0.15, 0.2) is 14.9 Å². The summed E-state index contributed by atoms with van der Waals surface area (Å²) in [6.07, 6.45) is 4.70.